The van der Waals surface area contributed by atoms with Gasteiger partial charge in [0.2, 0.25) is 5.91 Å². The second-order valence-corrected chi connectivity index (χ2v) is 6.76. The summed E-state index contributed by atoms with van der Waals surface area (Å²) in [6.07, 6.45) is -0.997. The van der Waals surface area contributed by atoms with Crippen molar-refractivity contribution in [3.05, 3.63) is 59.7 Å². The lowest BCUT2D eigenvalue weighted by Crippen LogP contribution is -2.45. The number of carboxylic acid groups (broad SMARTS) is 1. The minimum atomic E-state index is -1.13. The second-order valence-electron chi connectivity index (χ2n) is 6.76. The first-order valence-electron chi connectivity index (χ1n) is 9.30. The van der Waals surface area contributed by atoms with Crippen molar-refractivity contribution in [2.75, 3.05) is 19.7 Å². The van der Waals surface area contributed by atoms with Crippen LogP contribution < -0.4 is 16.4 Å². The van der Waals surface area contributed by atoms with Crippen molar-refractivity contribution in [3.63, 3.8) is 0 Å². The first-order chi connectivity index (χ1) is 14.0. The minimum Gasteiger partial charge on any atom is -0.481 e. The van der Waals surface area contributed by atoms with Crippen molar-refractivity contribution in [2.24, 2.45) is 5.73 Å². The fraction of sp³-hybridized carbons (Fsp3) is 0.286. The highest BCUT2D eigenvalue weighted by Gasteiger charge is 2.29. The summed E-state index contributed by atoms with van der Waals surface area (Å²) in [6.45, 7) is 0.557. The number of hydrogen-bond donors (Lipinski definition) is 4. The van der Waals surface area contributed by atoms with Crippen molar-refractivity contribution < 1.29 is 24.2 Å². The van der Waals surface area contributed by atoms with Gasteiger partial charge in [0.25, 0.3) is 0 Å². The average molecular weight is 397 g/mol. The quantitative estimate of drug-likeness (QED) is 0.474. The predicted octanol–water partition coefficient (Wildman–Crippen LogP) is 1.44. The number of carbonyl (C=O) groups excluding carboxylic acids is 2. The van der Waals surface area contributed by atoms with Gasteiger partial charge >= 0.3 is 12.1 Å². The number of aliphatic carboxylic acids is 1. The number of ether oxygens (including phenoxy) is 1. The Hall–Kier alpha value is -3.39. The molecule has 0 saturated carbocycles. The van der Waals surface area contributed by atoms with Crippen LogP contribution in [0.4, 0.5) is 4.79 Å². The van der Waals surface area contributed by atoms with E-state index < -0.39 is 30.4 Å². The molecule has 0 saturated heterocycles. The predicted molar refractivity (Wildman–Crippen MR) is 106 cm³/mol. The molecule has 0 heterocycles. The summed E-state index contributed by atoms with van der Waals surface area (Å²) in [7, 11) is 0. The summed E-state index contributed by atoms with van der Waals surface area (Å²) in [5.74, 6) is -1.92. The van der Waals surface area contributed by atoms with Crippen LogP contribution in [0.1, 0.15) is 23.5 Å². The van der Waals surface area contributed by atoms with E-state index in [0.29, 0.717) is 0 Å². The van der Waals surface area contributed by atoms with Crippen LogP contribution in [0.25, 0.3) is 11.1 Å². The zero-order valence-corrected chi connectivity index (χ0v) is 15.8. The Labute approximate surface area is 168 Å². The highest BCUT2D eigenvalue weighted by atomic mass is 16.5. The molecule has 1 atom stereocenters. The second kappa shape index (κ2) is 9.20. The third-order valence-corrected chi connectivity index (χ3v) is 4.85. The van der Waals surface area contributed by atoms with E-state index in [0.717, 1.165) is 22.3 Å². The van der Waals surface area contributed by atoms with E-state index in [1.54, 1.807) is 0 Å². The van der Waals surface area contributed by atoms with Crippen LogP contribution in [0.5, 0.6) is 0 Å². The Kier molecular flexibility index (Phi) is 6.46. The molecule has 1 aliphatic carbocycles. The molecule has 1 aliphatic rings. The van der Waals surface area contributed by atoms with Crippen LogP contribution in [0.15, 0.2) is 48.5 Å². The normalized spacial score (nSPS) is 13.2. The van der Waals surface area contributed by atoms with Crippen molar-refractivity contribution in [1.29, 1.82) is 0 Å². The number of primary amides is 1. The van der Waals surface area contributed by atoms with E-state index in [1.165, 1.54) is 0 Å². The summed E-state index contributed by atoms with van der Waals surface area (Å²) in [6, 6.07) is 15.1. The van der Waals surface area contributed by atoms with Crippen LogP contribution in [-0.4, -0.2) is 48.8 Å². The summed E-state index contributed by atoms with van der Waals surface area (Å²) in [5.41, 5.74) is 9.70. The van der Waals surface area contributed by atoms with Gasteiger partial charge < -0.3 is 26.2 Å². The van der Waals surface area contributed by atoms with E-state index in [-0.39, 0.29) is 25.6 Å². The standard InChI is InChI=1S/C21H23N3O5/c22-20(27)18(11-19(25)26)23-9-10-24-21(28)29-12-17-15-7-3-1-5-13(15)14-6-2-4-8-16(14)17/h1-8,17-18,23H,9-12H2,(H2,22,27)(H,24,28)(H,25,26). The summed E-state index contributed by atoms with van der Waals surface area (Å²) < 4.78 is 5.40. The van der Waals surface area contributed by atoms with Gasteiger partial charge in [0.15, 0.2) is 0 Å². The maximum Gasteiger partial charge on any atom is 0.407 e. The van der Waals surface area contributed by atoms with E-state index in [9.17, 15) is 14.4 Å². The molecule has 0 spiro atoms. The summed E-state index contributed by atoms with van der Waals surface area (Å²) >= 11 is 0. The van der Waals surface area contributed by atoms with Gasteiger partial charge in [0.1, 0.15) is 6.61 Å². The lowest BCUT2D eigenvalue weighted by Gasteiger charge is -2.15. The number of rotatable bonds is 9. The zero-order valence-electron chi connectivity index (χ0n) is 15.8. The fourth-order valence-electron chi connectivity index (χ4n) is 3.51. The van der Waals surface area contributed by atoms with Crippen molar-refractivity contribution in [2.45, 2.75) is 18.4 Å². The van der Waals surface area contributed by atoms with E-state index in [2.05, 4.69) is 22.8 Å². The molecule has 0 aliphatic heterocycles. The van der Waals surface area contributed by atoms with Crippen molar-refractivity contribution in [3.8, 4) is 11.1 Å². The number of fused-ring (bicyclic) bond motifs is 3. The third-order valence-electron chi connectivity index (χ3n) is 4.85. The Bertz CT molecular complexity index is 869. The molecule has 152 valence electrons. The molecule has 0 radical (unpaired) electrons. The van der Waals surface area contributed by atoms with Crippen LogP contribution in [0, 0.1) is 0 Å². The molecule has 2 aromatic carbocycles. The SMILES string of the molecule is NC(=O)C(CC(=O)O)NCCNC(=O)OCC1c2ccccc2-c2ccccc21. The van der Waals surface area contributed by atoms with E-state index in [4.69, 9.17) is 15.6 Å². The Morgan fingerprint density at radius 1 is 1.00 bits per heavy atom. The van der Waals surface area contributed by atoms with Crippen LogP contribution >= 0.6 is 0 Å². The molecule has 8 nitrogen and oxygen atoms in total. The Balaban J connectivity index is 1.49. The number of benzene rings is 2. The monoisotopic (exact) mass is 397 g/mol. The van der Waals surface area contributed by atoms with Crippen LogP contribution in [0.2, 0.25) is 0 Å². The average Bonchev–Trinajstić information content (AvgIpc) is 3.02. The van der Waals surface area contributed by atoms with Gasteiger partial charge in [-0.1, -0.05) is 48.5 Å². The van der Waals surface area contributed by atoms with E-state index in [1.807, 2.05) is 36.4 Å². The molecule has 0 bridgehead atoms. The van der Waals surface area contributed by atoms with Gasteiger partial charge in [-0.2, -0.15) is 0 Å². The Morgan fingerprint density at radius 3 is 2.14 bits per heavy atom. The van der Waals surface area contributed by atoms with Gasteiger partial charge in [0, 0.05) is 19.0 Å². The van der Waals surface area contributed by atoms with Gasteiger partial charge in [-0.05, 0) is 22.3 Å². The number of carbonyl (C=O) groups is 3. The number of nitrogens with two attached hydrogens (primary N) is 1. The Morgan fingerprint density at radius 2 is 1.59 bits per heavy atom. The highest BCUT2D eigenvalue weighted by molar-refractivity contribution is 5.84. The molecule has 2 amide bonds. The van der Waals surface area contributed by atoms with Crippen LogP contribution in [-0.2, 0) is 14.3 Å². The summed E-state index contributed by atoms with van der Waals surface area (Å²) in [4.78, 5) is 33.9. The lowest BCUT2D eigenvalue weighted by molar-refractivity contribution is -0.139. The topological polar surface area (TPSA) is 131 Å². The minimum absolute atomic E-state index is 0.0268. The zero-order chi connectivity index (χ0) is 20.8. The van der Waals surface area contributed by atoms with Gasteiger partial charge in [-0.3, -0.25) is 9.59 Å². The molecular weight excluding hydrogens is 374 g/mol. The molecular formula is C21H23N3O5. The lowest BCUT2D eigenvalue weighted by atomic mass is 9.98. The molecule has 5 N–H and O–H groups in total. The van der Waals surface area contributed by atoms with Gasteiger partial charge in [-0.15, -0.1) is 0 Å². The molecule has 8 heteroatoms. The highest BCUT2D eigenvalue weighted by Crippen LogP contribution is 2.44. The summed E-state index contributed by atoms with van der Waals surface area (Å²) in [5, 5.41) is 14.0. The molecule has 3 rings (SSSR count). The number of amides is 2. The first-order valence-corrected chi connectivity index (χ1v) is 9.30. The van der Waals surface area contributed by atoms with Crippen LogP contribution in [0.3, 0.4) is 0 Å². The molecule has 1 unspecified atom stereocenters. The first kappa shape index (κ1) is 20.3. The van der Waals surface area contributed by atoms with Crippen molar-refractivity contribution in [1.82, 2.24) is 10.6 Å². The maximum atomic E-state index is 12.0. The largest absolute Gasteiger partial charge is 0.481 e. The molecule has 2 aromatic rings. The van der Waals surface area contributed by atoms with Gasteiger partial charge in [-0.25, -0.2) is 4.79 Å². The van der Waals surface area contributed by atoms with Crippen molar-refractivity contribution >= 4 is 18.0 Å². The molecule has 0 aromatic heterocycles. The number of alkyl carbamates (subject to hydrolysis) is 1. The van der Waals surface area contributed by atoms with E-state index >= 15 is 0 Å². The number of carboxylic acids is 1. The fourth-order valence-corrected chi connectivity index (χ4v) is 3.51. The molecule has 29 heavy (non-hydrogen) atoms. The number of nitrogens with one attached hydrogen (secondary N) is 2. The third kappa shape index (κ3) is 4.91. The number of hydrogen-bond acceptors (Lipinski definition) is 5. The maximum absolute atomic E-state index is 12.0. The smallest absolute Gasteiger partial charge is 0.407 e. The molecule has 0 fully saturated rings. The van der Waals surface area contributed by atoms with Gasteiger partial charge in [0.05, 0.1) is 12.5 Å².